The number of carbonyl (C=O) groups is 1. The Bertz CT molecular complexity index is 667. The van der Waals surface area contributed by atoms with E-state index in [4.69, 9.17) is 17.3 Å². The molecule has 6 heteroatoms. The molecule has 0 bridgehead atoms. The van der Waals surface area contributed by atoms with Crippen LogP contribution in [0.3, 0.4) is 0 Å². The van der Waals surface area contributed by atoms with E-state index in [0.29, 0.717) is 12.3 Å². The van der Waals surface area contributed by atoms with E-state index < -0.39 is 0 Å². The number of benzene rings is 1. The van der Waals surface area contributed by atoms with Gasteiger partial charge in [0, 0.05) is 43.5 Å². The molecule has 148 valence electrons. The first kappa shape index (κ1) is 20.0. The summed E-state index contributed by atoms with van der Waals surface area (Å²) in [6.07, 6.45) is 7.47. The summed E-state index contributed by atoms with van der Waals surface area (Å²) < 4.78 is 0. The molecule has 1 saturated carbocycles. The monoisotopic (exact) mass is 390 g/mol. The van der Waals surface area contributed by atoms with Gasteiger partial charge in [-0.05, 0) is 49.3 Å². The highest BCUT2D eigenvalue weighted by Crippen LogP contribution is 2.41. The predicted octanol–water partition coefficient (Wildman–Crippen LogP) is 3.31. The van der Waals surface area contributed by atoms with Gasteiger partial charge in [0.05, 0.1) is 0 Å². The molecule has 2 fully saturated rings. The summed E-state index contributed by atoms with van der Waals surface area (Å²) in [4.78, 5) is 18.1. The molecule has 1 amide bonds. The van der Waals surface area contributed by atoms with Gasteiger partial charge in [-0.2, -0.15) is 0 Å². The van der Waals surface area contributed by atoms with Crippen molar-refractivity contribution in [1.82, 2.24) is 10.2 Å². The molecular weight excluding hydrogens is 360 g/mol. The van der Waals surface area contributed by atoms with Gasteiger partial charge in [-0.25, -0.2) is 0 Å². The third-order valence-electron chi connectivity index (χ3n) is 6.12. The number of nitrogens with one attached hydrogen (secondary N) is 1. The van der Waals surface area contributed by atoms with E-state index in [-0.39, 0.29) is 11.3 Å². The number of likely N-dealkylation sites (tertiary alicyclic amines) is 1. The molecule has 1 heterocycles. The molecule has 3 rings (SSSR count). The number of rotatable bonds is 5. The molecule has 5 nitrogen and oxygen atoms in total. The second-order valence-electron chi connectivity index (χ2n) is 8.02. The zero-order valence-corrected chi connectivity index (χ0v) is 17.0. The first-order valence-electron chi connectivity index (χ1n) is 10.0. The minimum atomic E-state index is -0.211. The molecule has 0 aromatic heterocycles. The van der Waals surface area contributed by atoms with Crippen LogP contribution in [-0.4, -0.2) is 43.4 Å². The number of carbonyl (C=O) groups excluding carboxylic acids is 1. The molecule has 1 aliphatic heterocycles. The fraction of sp³-hybridized carbons (Fsp3) is 0.619. The number of amides is 1. The fourth-order valence-electron chi connectivity index (χ4n) is 4.71. The number of halogens is 1. The number of guanidine groups is 1. The number of piperidine rings is 1. The molecule has 1 unspecified atom stereocenters. The van der Waals surface area contributed by atoms with Gasteiger partial charge in [0.2, 0.25) is 5.91 Å². The minimum Gasteiger partial charge on any atom is -0.370 e. The van der Waals surface area contributed by atoms with Gasteiger partial charge in [-0.15, -0.1) is 0 Å². The SMILES string of the molecule is CN=C(NCC1(c2ccc(Cl)cc2)CCCC1)N1CCCC(CC(N)=O)C1. The number of aliphatic imine (C=N–C) groups is 1. The molecule has 0 spiro atoms. The highest BCUT2D eigenvalue weighted by Gasteiger charge is 2.36. The van der Waals surface area contributed by atoms with Gasteiger partial charge in [0.1, 0.15) is 0 Å². The predicted molar refractivity (Wildman–Crippen MR) is 111 cm³/mol. The Morgan fingerprint density at radius 1 is 1.30 bits per heavy atom. The standard InChI is InChI=1S/C21H31ClN4O/c1-24-20(26-12-4-5-16(14-26)13-19(23)27)25-15-21(10-2-3-11-21)17-6-8-18(22)9-7-17/h6-9,16H,2-5,10-15H2,1H3,(H2,23,27)(H,24,25). The first-order valence-corrected chi connectivity index (χ1v) is 10.4. The Hall–Kier alpha value is -1.75. The quantitative estimate of drug-likeness (QED) is 0.598. The molecule has 27 heavy (non-hydrogen) atoms. The molecule has 1 aromatic rings. The second kappa shape index (κ2) is 8.96. The van der Waals surface area contributed by atoms with Crippen molar-refractivity contribution in [3.63, 3.8) is 0 Å². The molecule has 0 radical (unpaired) electrons. The number of hydrogen-bond donors (Lipinski definition) is 2. The van der Waals surface area contributed by atoms with Crippen LogP contribution >= 0.6 is 11.6 Å². The summed E-state index contributed by atoms with van der Waals surface area (Å²) in [5, 5.41) is 4.42. The Kier molecular flexibility index (Phi) is 6.64. The van der Waals surface area contributed by atoms with Crippen molar-refractivity contribution in [3.8, 4) is 0 Å². The topological polar surface area (TPSA) is 70.7 Å². The Morgan fingerprint density at radius 3 is 2.63 bits per heavy atom. The average molecular weight is 391 g/mol. The molecule has 2 aliphatic rings. The lowest BCUT2D eigenvalue weighted by Gasteiger charge is -2.37. The summed E-state index contributed by atoms with van der Waals surface area (Å²) in [5.74, 6) is 1.05. The van der Waals surface area contributed by atoms with Crippen LogP contribution in [0.15, 0.2) is 29.3 Å². The van der Waals surface area contributed by atoms with Gasteiger partial charge in [0.25, 0.3) is 0 Å². The van der Waals surface area contributed by atoms with E-state index in [2.05, 4.69) is 27.3 Å². The lowest BCUT2D eigenvalue weighted by Crippen LogP contribution is -2.50. The van der Waals surface area contributed by atoms with Crippen molar-refractivity contribution in [2.75, 3.05) is 26.7 Å². The fourth-order valence-corrected chi connectivity index (χ4v) is 4.84. The highest BCUT2D eigenvalue weighted by molar-refractivity contribution is 6.30. The third kappa shape index (κ3) is 4.95. The van der Waals surface area contributed by atoms with Crippen molar-refractivity contribution >= 4 is 23.5 Å². The minimum absolute atomic E-state index is 0.142. The van der Waals surface area contributed by atoms with E-state index in [1.165, 1.54) is 31.2 Å². The van der Waals surface area contributed by atoms with E-state index in [1.54, 1.807) is 0 Å². The summed E-state index contributed by atoms with van der Waals surface area (Å²) >= 11 is 6.09. The molecular formula is C21H31ClN4O. The van der Waals surface area contributed by atoms with Crippen molar-refractivity contribution < 1.29 is 4.79 Å². The molecule has 3 N–H and O–H groups in total. The summed E-state index contributed by atoms with van der Waals surface area (Å²) in [6, 6.07) is 8.32. The van der Waals surface area contributed by atoms with Crippen molar-refractivity contribution in [1.29, 1.82) is 0 Å². The normalized spacial score (nSPS) is 22.7. The van der Waals surface area contributed by atoms with Crippen molar-refractivity contribution in [2.45, 2.75) is 50.4 Å². The lowest BCUT2D eigenvalue weighted by atomic mass is 9.79. The van der Waals surface area contributed by atoms with Crippen LogP contribution in [0.2, 0.25) is 5.02 Å². The maximum Gasteiger partial charge on any atom is 0.217 e. The summed E-state index contributed by atoms with van der Waals surface area (Å²) in [5.41, 5.74) is 6.90. The Morgan fingerprint density at radius 2 is 2.00 bits per heavy atom. The van der Waals surface area contributed by atoms with Crippen LogP contribution in [0.5, 0.6) is 0 Å². The number of primary amides is 1. The van der Waals surface area contributed by atoms with E-state index in [9.17, 15) is 4.79 Å². The van der Waals surface area contributed by atoms with Gasteiger partial charge in [-0.1, -0.05) is 36.6 Å². The second-order valence-corrected chi connectivity index (χ2v) is 8.46. The third-order valence-corrected chi connectivity index (χ3v) is 6.37. The van der Waals surface area contributed by atoms with E-state index >= 15 is 0 Å². The van der Waals surface area contributed by atoms with Crippen LogP contribution < -0.4 is 11.1 Å². The summed E-state index contributed by atoms with van der Waals surface area (Å²) in [6.45, 7) is 2.69. The largest absolute Gasteiger partial charge is 0.370 e. The van der Waals surface area contributed by atoms with Gasteiger partial charge in [-0.3, -0.25) is 9.79 Å². The Balaban J connectivity index is 1.67. The maximum absolute atomic E-state index is 11.3. The van der Waals surface area contributed by atoms with Crippen LogP contribution in [0.4, 0.5) is 0 Å². The van der Waals surface area contributed by atoms with E-state index in [1.807, 2.05) is 19.2 Å². The molecule has 1 aromatic carbocycles. The zero-order valence-electron chi connectivity index (χ0n) is 16.2. The van der Waals surface area contributed by atoms with Gasteiger partial charge < -0.3 is 16.0 Å². The lowest BCUT2D eigenvalue weighted by molar-refractivity contribution is -0.119. The number of hydrogen-bond acceptors (Lipinski definition) is 2. The number of nitrogens with two attached hydrogens (primary N) is 1. The first-order chi connectivity index (χ1) is 13.0. The molecule has 1 aliphatic carbocycles. The zero-order chi connectivity index (χ0) is 19.3. The van der Waals surface area contributed by atoms with Crippen molar-refractivity contribution in [2.24, 2.45) is 16.6 Å². The molecule has 1 atom stereocenters. The van der Waals surface area contributed by atoms with Crippen LogP contribution in [-0.2, 0) is 10.2 Å². The maximum atomic E-state index is 11.3. The molecule has 1 saturated heterocycles. The number of nitrogens with zero attached hydrogens (tertiary/aromatic N) is 2. The highest BCUT2D eigenvalue weighted by atomic mass is 35.5. The van der Waals surface area contributed by atoms with Crippen molar-refractivity contribution in [3.05, 3.63) is 34.9 Å². The van der Waals surface area contributed by atoms with Crippen LogP contribution in [0, 0.1) is 5.92 Å². The van der Waals surface area contributed by atoms with Gasteiger partial charge >= 0.3 is 0 Å². The van der Waals surface area contributed by atoms with Crippen LogP contribution in [0.1, 0.15) is 50.5 Å². The summed E-state index contributed by atoms with van der Waals surface area (Å²) in [7, 11) is 1.84. The smallest absolute Gasteiger partial charge is 0.217 e. The van der Waals surface area contributed by atoms with E-state index in [0.717, 1.165) is 43.5 Å². The van der Waals surface area contributed by atoms with Gasteiger partial charge in [0.15, 0.2) is 5.96 Å². The Labute approximate surface area is 167 Å². The average Bonchev–Trinajstić information content (AvgIpc) is 3.13. The van der Waals surface area contributed by atoms with Crippen LogP contribution in [0.25, 0.3) is 0 Å².